The summed E-state index contributed by atoms with van der Waals surface area (Å²) in [4.78, 5) is 14.1. The Labute approximate surface area is 145 Å². The van der Waals surface area contributed by atoms with Crippen LogP contribution in [0.3, 0.4) is 0 Å². The highest BCUT2D eigenvalue weighted by atomic mass is 32.2. The number of rotatable bonds is 5. The summed E-state index contributed by atoms with van der Waals surface area (Å²) in [7, 11) is -3.71. The molecule has 1 aromatic heterocycles. The van der Waals surface area contributed by atoms with E-state index < -0.39 is 10.0 Å². The van der Waals surface area contributed by atoms with Gasteiger partial charge in [0, 0.05) is 26.1 Å². The maximum Gasteiger partial charge on any atom is 0.242 e. The Bertz CT molecular complexity index is 826. The first-order chi connectivity index (χ1) is 11.5. The van der Waals surface area contributed by atoms with E-state index in [-0.39, 0.29) is 23.8 Å². The Morgan fingerprint density at radius 2 is 2.08 bits per heavy atom. The SMILES string of the molecule is CC1CCN(C(=O)CCNS(=O)(=O)c2cccc3nsnc23)CC1. The van der Waals surface area contributed by atoms with Crippen LogP contribution >= 0.6 is 11.7 Å². The number of benzene rings is 1. The first-order valence-corrected chi connectivity index (χ1v) is 10.2. The molecular weight excluding hydrogens is 348 g/mol. The monoisotopic (exact) mass is 368 g/mol. The Kier molecular flexibility index (Phi) is 5.12. The molecule has 3 rings (SSSR count). The van der Waals surface area contributed by atoms with Crippen LogP contribution in [-0.2, 0) is 14.8 Å². The molecule has 130 valence electrons. The molecule has 0 saturated carbocycles. The summed E-state index contributed by atoms with van der Waals surface area (Å²) in [5.41, 5.74) is 0.924. The number of piperidine rings is 1. The molecule has 1 N–H and O–H groups in total. The summed E-state index contributed by atoms with van der Waals surface area (Å²) in [6, 6.07) is 4.86. The van der Waals surface area contributed by atoms with E-state index >= 15 is 0 Å². The summed E-state index contributed by atoms with van der Waals surface area (Å²) in [6.45, 7) is 3.79. The highest BCUT2D eigenvalue weighted by Gasteiger charge is 2.22. The van der Waals surface area contributed by atoms with E-state index in [9.17, 15) is 13.2 Å². The van der Waals surface area contributed by atoms with E-state index in [1.807, 2.05) is 4.90 Å². The van der Waals surface area contributed by atoms with Crippen molar-refractivity contribution in [1.82, 2.24) is 18.4 Å². The van der Waals surface area contributed by atoms with Crippen LogP contribution in [0.2, 0.25) is 0 Å². The number of amides is 1. The molecule has 1 fully saturated rings. The lowest BCUT2D eigenvalue weighted by atomic mass is 9.99. The summed E-state index contributed by atoms with van der Waals surface area (Å²) >= 11 is 0.978. The van der Waals surface area contributed by atoms with Crippen LogP contribution in [0.1, 0.15) is 26.2 Å². The van der Waals surface area contributed by atoms with Crippen molar-refractivity contribution in [3.05, 3.63) is 18.2 Å². The Hall–Kier alpha value is -1.58. The number of aromatic nitrogens is 2. The van der Waals surface area contributed by atoms with Crippen molar-refractivity contribution >= 4 is 38.7 Å². The van der Waals surface area contributed by atoms with Crippen molar-refractivity contribution in [3.63, 3.8) is 0 Å². The molecular formula is C15H20N4O3S2. The lowest BCUT2D eigenvalue weighted by molar-refractivity contribution is -0.132. The summed E-state index contributed by atoms with van der Waals surface area (Å²) in [6.07, 6.45) is 2.19. The molecule has 0 bridgehead atoms. The molecule has 24 heavy (non-hydrogen) atoms. The second-order valence-electron chi connectivity index (χ2n) is 6.10. The Morgan fingerprint density at radius 3 is 2.83 bits per heavy atom. The zero-order valence-electron chi connectivity index (χ0n) is 13.4. The molecule has 0 aliphatic carbocycles. The van der Waals surface area contributed by atoms with Gasteiger partial charge in [0.2, 0.25) is 15.9 Å². The van der Waals surface area contributed by atoms with Crippen LogP contribution in [0.15, 0.2) is 23.1 Å². The number of nitrogens with zero attached hydrogens (tertiary/aromatic N) is 3. The third-order valence-electron chi connectivity index (χ3n) is 4.31. The van der Waals surface area contributed by atoms with Crippen molar-refractivity contribution in [2.75, 3.05) is 19.6 Å². The normalized spacial score (nSPS) is 16.6. The van der Waals surface area contributed by atoms with Gasteiger partial charge in [0.05, 0.1) is 11.7 Å². The zero-order chi connectivity index (χ0) is 17.2. The van der Waals surface area contributed by atoms with E-state index in [0.29, 0.717) is 17.0 Å². The van der Waals surface area contributed by atoms with Crippen LogP contribution in [0.4, 0.5) is 0 Å². The summed E-state index contributed by atoms with van der Waals surface area (Å²) < 4.78 is 35.5. The molecule has 0 radical (unpaired) electrons. The van der Waals surface area contributed by atoms with Crippen LogP contribution in [0.25, 0.3) is 11.0 Å². The lowest BCUT2D eigenvalue weighted by Gasteiger charge is -2.30. The van der Waals surface area contributed by atoms with Crippen molar-refractivity contribution in [2.24, 2.45) is 5.92 Å². The van der Waals surface area contributed by atoms with Crippen LogP contribution < -0.4 is 4.72 Å². The average Bonchev–Trinajstić information content (AvgIpc) is 3.03. The lowest BCUT2D eigenvalue weighted by Crippen LogP contribution is -2.39. The number of hydrogen-bond acceptors (Lipinski definition) is 6. The fourth-order valence-corrected chi connectivity index (χ4v) is 4.58. The fraction of sp³-hybridized carbons (Fsp3) is 0.533. The molecule has 1 saturated heterocycles. The van der Waals surface area contributed by atoms with Gasteiger partial charge in [0.15, 0.2) is 0 Å². The molecule has 1 aliphatic rings. The van der Waals surface area contributed by atoms with E-state index in [1.165, 1.54) is 6.07 Å². The smallest absolute Gasteiger partial charge is 0.242 e. The van der Waals surface area contributed by atoms with Crippen LogP contribution in [-0.4, -0.2) is 47.6 Å². The number of fused-ring (bicyclic) bond motifs is 1. The van der Waals surface area contributed by atoms with Gasteiger partial charge in [-0.2, -0.15) is 8.75 Å². The van der Waals surface area contributed by atoms with Gasteiger partial charge in [-0.3, -0.25) is 4.79 Å². The molecule has 7 nitrogen and oxygen atoms in total. The number of carbonyl (C=O) groups excluding carboxylic acids is 1. The highest BCUT2D eigenvalue weighted by molar-refractivity contribution is 7.89. The third kappa shape index (κ3) is 3.73. The molecule has 0 atom stereocenters. The summed E-state index contributed by atoms with van der Waals surface area (Å²) in [5, 5.41) is 0. The standard InChI is InChI=1S/C15H20N4O3S2/c1-11-6-9-19(10-7-11)14(20)5-8-16-24(21,22)13-4-2-3-12-15(13)18-23-17-12/h2-4,11,16H,5-10H2,1H3. The molecule has 0 unspecified atom stereocenters. The van der Waals surface area contributed by atoms with Crippen molar-refractivity contribution in [3.8, 4) is 0 Å². The number of hydrogen-bond donors (Lipinski definition) is 1. The first kappa shape index (κ1) is 17.2. The van der Waals surface area contributed by atoms with E-state index in [0.717, 1.165) is 37.7 Å². The van der Waals surface area contributed by atoms with Crippen LogP contribution in [0, 0.1) is 5.92 Å². The number of carbonyl (C=O) groups is 1. The highest BCUT2D eigenvalue weighted by Crippen LogP contribution is 2.21. The predicted molar refractivity (Wildman–Crippen MR) is 92.2 cm³/mol. The second kappa shape index (κ2) is 7.12. The first-order valence-electron chi connectivity index (χ1n) is 7.96. The van der Waals surface area contributed by atoms with E-state index in [2.05, 4.69) is 20.4 Å². The third-order valence-corrected chi connectivity index (χ3v) is 6.34. The second-order valence-corrected chi connectivity index (χ2v) is 8.36. The maximum atomic E-state index is 12.4. The topological polar surface area (TPSA) is 92.3 Å². The molecule has 0 spiro atoms. The largest absolute Gasteiger partial charge is 0.343 e. The molecule has 2 heterocycles. The Morgan fingerprint density at radius 1 is 1.33 bits per heavy atom. The molecule has 1 amide bonds. The van der Waals surface area contributed by atoms with Gasteiger partial charge in [-0.15, -0.1) is 0 Å². The minimum absolute atomic E-state index is 0.00173. The quantitative estimate of drug-likeness (QED) is 0.866. The van der Waals surface area contributed by atoms with Crippen molar-refractivity contribution in [2.45, 2.75) is 31.1 Å². The predicted octanol–water partition coefficient (Wildman–Crippen LogP) is 1.62. The fourth-order valence-electron chi connectivity index (χ4n) is 2.78. The van der Waals surface area contributed by atoms with Gasteiger partial charge in [-0.05, 0) is 30.9 Å². The average molecular weight is 368 g/mol. The number of likely N-dealkylation sites (tertiary alicyclic amines) is 1. The van der Waals surface area contributed by atoms with Gasteiger partial charge < -0.3 is 4.90 Å². The summed E-state index contributed by atoms with van der Waals surface area (Å²) in [5.74, 6) is 0.651. The molecule has 2 aromatic rings. The Balaban J connectivity index is 1.60. The van der Waals surface area contributed by atoms with Gasteiger partial charge in [-0.25, -0.2) is 13.1 Å². The van der Waals surface area contributed by atoms with Gasteiger partial charge in [-0.1, -0.05) is 13.0 Å². The van der Waals surface area contributed by atoms with Crippen molar-refractivity contribution < 1.29 is 13.2 Å². The molecule has 1 aromatic carbocycles. The van der Waals surface area contributed by atoms with E-state index in [1.54, 1.807) is 12.1 Å². The molecule has 1 aliphatic heterocycles. The van der Waals surface area contributed by atoms with Crippen molar-refractivity contribution in [1.29, 1.82) is 0 Å². The molecule has 9 heteroatoms. The zero-order valence-corrected chi connectivity index (χ0v) is 15.1. The minimum atomic E-state index is -3.71. The maximum absolute atomic E-state index is 12.4. The van der Waals surface area contributed by atoms with E-state index in [4.69, 9.17) is 0 Å². The number of nitrogens with one attached hydrogen (secondary N) is 1. The van der Waals surface area contributed by atoms with Crippen LogP contribution in [0.5, 0.6) is 0 Å². The minimum Gasteiger partial charge on any atom is -0.343 e. The van der Waals surface area contributed by atoms with Gasteiger partial charge in [0.25, 0.3) is 0 Å². The van der Waals surface area contributed by atoms with Gasteiger partial charge >= 0.3 is 0 Å². The number of sulfonamides is 1. The van der Waals surface area contributed by atoms with Gasteiger partial charge in [0.1, 0.15) is 15.9 Å².